The highest BCUT2D eigenvalue weighted by atomic mass is 16.6. The van der Waals surface area contributed by atoms with Gasteiger partial charge in [0.25, 0.3) is 0 Å². The first-order valence-electron chi connectivity index (χ1n) is 19.2. The molecule has 0 aromatic heterocycles. The van der Waals surface area contributed by atoms with Crippen LogP contribution >= 0.6 is 0 Å². The van der Waals surface area contributed by atoms with E-state index in [4.69, 9.17) is 14.2 Å². The predicted octanol–water partition coefficient (Wildman–Crippen LogP) is 11.5. The number of allylic oxidation sites excluding steroid dienone is 2. The summed E-state index contributed by atoms with van der Waals surface area (Å²) in [5, 5.41) is 0. The Kier molecular flexibility index (Phi) is 33.6. The normalized spacial score (nSPS) is 12.0. The van der Waals surface area contributed by atoms with Crippen LogP contribution in [0.25, 0.3) is 0 Å². The molecule has 0 saturated heterocycles. The third kappa shape index (κ3) is 33.3. The van der Waals surface area contributed by atoms with Crippen LogP contribution in [-0.4, -0.2) is 37.2 Å². The molecule has 0 radical (unpaired) electrons. The molecule has 0 aliphatic rings. The van der Waals surface area contributed by atoms with Crippen molar-refractivity contribution in [1.82, 2.24) is 0 Å². The SMILES string of the molecule is CCCCCCCCC/C=C\CCCCCCCC(=O)OCC(COC(=O)CCCCCCC)OC(=O)CCCCCCCC. The van der Waals surface area contributed by atoms with Crippen molar-refractivity contribution in [2.45, 2.75) is 207 Å². The zero-order valence-corrected chi connectivity index (χ0v) is 29.9. The average Bonchev–Trinajstić information content (AvgIpc) is 3.03. The standard InChI is InChI=1S/C39H72O6/c1-4-7-10-13-15-16-17-18-19-20-21-22-23-24-27-29-32-38(41)44-35-36(34-43-37(40)31-28-25-12-9-6-3)45-39(42)33-30-26-14-11-8-5-2/h19-20,36H,4-18,21-35H2,1-3H3/b20-19-. The average molecular weight is 637 g/mol. The summed E-state index contributed by atoms with van der Waals surface area (Å²) in [5.41, 5.74) is 0. The molecule has 0 aliphatic carbocycles. The molecule has 0 aromatic rings. The molecular weight excluding hydrogens is 564 g/mol. The summed E-state index contributed by atoms with van der Waals surface area (Å²) in [4.78, 5) is 37.0. The zero-order valence-electron chi connectivity index (χ0n) is 29.9. The van der Waals surface area contributed by atoms with Crippen LogP contribution in [-0.2, 0) is 28.6 Å². The number of carbonyl (C=O) groups is 3. The lowest BCUT2D eigenvalue weighted by Gasteiger charge is -2.18. The highest BCUT2D eigenvalue weighted by molar-refractivity contribution is 5.71. The fourth-order valence-corrected chi connectivity index (χ4v) is 5.32. The maximum atomic E-state index is 12.4. The molecule has 1 unspecified atom stereocenters. The number of unbranched alkanes of at least 4 members (excludes halogenated alkanes) is 21. The molecule has 0 N–H and O–H groups in total. The summed E-state index contributed by atoms with van der Waals surface area (Å²) in [7, 11) is 0. The van der Waals surface area contributed by atoms with Crippen LogP contribution in [0.5, 0.6) is 0 Å². The second kappa shape index (κ2) is 35.0. The first kappa shape index (κ1) is 43.1. The monoisotopic (exact) mass is 637 g/mol. The number of ether oxygens (including phenoxy) is 3. The van der Waals surface area contributed by atoms with Gasteiger partial charge in [-0.05, 0) is 44.9 Å². The molecule has 0 heterocycles. The van der Waals surface area contributed by atoms with E-state index in [-0.39, 0.29) is 31.1 Å². The Balaban J connectivity index is 4.15. The fraction of sp³-hybridized carbons (Fsp3) is 0.872. The van der Waals surface area contributed by atoms with Gasteiger partial charge in [-0.3, -0.25) is 14.4 Å². The summed E-state index contributed by atoms with van der Waals surface area (Å²) in [6.45, 7) is 6.46. The molecule has 45 heavy (non-hydrogen) atoms. The first-order chi connectivity index (χ1) is 22.0. The Hall–Kier alpha value is -1.85. The van der Waals surface area contributed by atoms with Crippen molar-refractivity contribution in [3.05, 3.63) is 12.2 Å². The second-order valence-corrected chi connectivity index (χ2v) is 12.8. The number of carbonyl (C=O) groups excluding carboxylic acids is 3. The summed E-state index contributed by atoms with van der Waals surface area (Å²) < 4.78 is 16.4. The van der Waals surface area contributed by atoms with Crippen molar-refractivity contribution >= 4 is 17.9 Å². The van der Waals surface area contributed by atoms with Crippen molar-refractivity contribution in [2.75, 3.05) is 13.2 Å². The molecule has 1 atom stereocenters. The van der Waals surface area contributed by atoms with Crippen molar-refractivity contribution in [3.8, 4) is 0 Å². The van der Waals surface area contributed by atoms with Gasteiger partial charge >= 0.3 is 17.9 Å². The summed E-state index contributed by atoms with van der Waals surface area (Å²) in [6.07, 6.45) is 33.9. The molecule has 0 aromatic carbocycles. The van der Waals surface area contributed by atoms with Gasteiger partial charge in [0.15, 0.2) is 6.10 Å². The van der Waals surface area contributed by atoms with E-state index in [1.54, 1.807) is 0 Å². The lowest BCUT2D eigenvalue weighted by molar-refractivity contribution is -0.167. The maximum Gasteiger partial charge on any atom is 0.306 e. The van der Waals surface area contributed by atoms with Gasteiger partial charge in [-0.25, -0.2) is 0 Å². The Labute approximate surface area is 278 Å². The predicted molar refractivity (Wildman–Crippen MR) is 187 cm³/mol. The molecule has 6 nitrogen and oxygen atoms in total. The minimum Gasteiger partial charge on any atom is -0.462 e. The third-order valence-electron chi connectivity index (χ3n) is 8.27. The minimum atomic E-state index is -0.760. The van der Waals surface area contributed by atoms with Gasteiger partial charge in [0.2, 0.25) is 0 Å². The van der Waals surface area contributed by atoms with Crippen LogP contribution < -0.4 is 0 Å². The number of rotatable bonds is 34. The van der Waals surface area contributed by atoms with Crippen molar-refractivity contribution in [3.63, 3.8) is 0 Å². The van der Waals surface area contributed by atoms with Crippen LogP contribution in [0, 0.1) is 0 Å². The van der Waals surface area contributed by atoms with E-state index in [0.29, 0.717) is 19.3 Å². The summed E-state index contributed by atoms with van der Waals surface area (Å²) in [5.74, 6) is -0.907. The highest BCUT2D eigenvalue weighted by Crippen LogP contribution is 2.13. The quantitative estimate of drug-likeness (QED) is 0.0303. The maximum absolute atomic E-state index is 12.4. The Morgan fingerprint density at radius 3 is 1.11 bits per heavy atom. The van der Waals surface area contributed by atoms with Gasteiger partial charge in [0.05, 0.1) is 0 Å². The van der Waals surface area contributed by atoms with E-state index in [9.17, 15) is 14.4 Å². The summed E-state index contributed by atoms with van der Waals surface area (Å²) in [6, 6.07) is 0. The van der Waals surface area contributed by atoms with E-state index in [0.717, 1.165) is 70.6 Å². The molecule has 0 saturated carbocycles. The fourth-order valence-electron chi connectivity index (χ4n) is 5.32. The second-order valence-electron chi connectivity index (χ2n) is 12.8. The molecule has 0 fully saturated rings. The van der Waals surface area contributed by atoms with Crippen LogP contribution in [0.15, 0.2) is 12.2 Å². The van der Waals surface area contributed by atoms with E-state index >= 15 is 0 Å². The molecule has 0 bridgehead atoms. The van der Waals surface area contributed by atoms with E-state index < -0.39 is 6.10 Å². The molecule has 0 spiro atoms. The molecule has 0 amide bonds. The van der Waals surface area contributed by atoms with Gasteiger partial charge in [0, 0.05) is 19.3 Å². The smallest absolute Gasteiger partial charge is 0.306 e. The first-order valence-corrected chi connectivity index (χ1v) is 19.2. The lowest BCUT2D eigenvalue weighted by Crippen LogP contribution is -2.30. The molecule has 0 aliphatic heterocycles. The minimum absolute atomic E-state index is 0.0726. The Morgan fingerprint density at radius 1 is 0.422 bits per heavy atom. The van der Waals surface area contributed by atoms with Gasteiger partial charge in [0.1, 0.15) is 13.2 Å². The summed E-state index contributed by atoms with van der Waals surface area (Å²) >= 11 is 0. The molecule has 264 valence electrons. The van der Waals surface area contributed by atoms with Gasteiger partial charge in [-0.15, -0.1) is 0 Å². The van der Waals surface area contributed by atoms with E-state index in [2.05, 4.69) is 32.9 Å². The lowest BCUT2D eigenvalue weighted by atomic mass is 10.1. The molecular formula is C39H72O6. The van der Waals surface area contributed by atoms with Crippen LogP contribution in [0.3, 0.4) is 0 Å². The van der Waals surface area contributed by atoms with Crippen molar-refractivity contribution < 1.29 is 28.6 Å². The van der Waals surface area contributed by atoms with Gasteiger partial charge in [-0.1, -0.05) is 148 Å². The van der Waals surface area contributed by atoms with Crippen LogP contribution in [0.1, 0.15) is 201 Å². The van der Waals surface area contributed by atoms with E-state index in [1.165, 1.54) is 89.9 Å². The van der Waals surface area contributed by atoms with Crippen LogP contribution in [0.4, 0.5) is 0 Å². The van der Waals surface area contributed by atoms with Crippen LogP contribution in [0.2, 0.25) is 0 Å². The molecule has 0 rings (SSSR count). The number of esters is 3. The van der Waals surface area contributed by atoms with E-state index in [1.807, 2.05) is 0 Å². The Bertz CT molecular complexity index is 704. The van der Waals surface area contributed by atoms with Crippen molar-refractivity contribution in [1.29, 1.82) is 0 Å². The van der Waals surface area contributed by atoms with Gasteiger partial charge in [-0.2, -0.15) is 0 Å². The zero-order chi connectivity index (χ0) is 33.1. The highest BCUT2D eigenvalue weighted by Gasteiger charge is 2.19. The molecule has 6 heteroatoms. The van der Waals surface area contributed by atoms with Gasteiger partial charge < -0.3 is 14.2 Å². The Morgan fingerprint density at radius 2 is 0.733 bits per heavy atom. The van der Waals surface area contributed by atoms with Crippen molar-refractivity contribution in [2.24, 2.45) is 0 Å². The largest absolute Gasteiger partial charge is 0.462 e. The third-order valence-corrected chi connectivity index (χ3v) is 8.27. The number of hydrogen-bond acceptors (Lipinski definition) is 6. The number of hydrogen-bond donors (Lipinski definition) is 0. The topological polar surface area (TPSA) is 78.9 Å².